The van der Waals surface area contributed by atoms with Crippen molar-refractivity contribution in [1.29, 1.82) is 0 Å². The first-order valence-corrected chi connectivity index (χ1v) is 6.60. The highest BCUT2D eigenvalue weighted by molar-refractivity contribution is 5.78. The van der Waals surface area contributed by atoms with Crippen molar-refractivity contribution >= 4 is 5.91 Å². The molecule has 1 rings (SSSR count). The molecular weight excluding hydrogens is 228 g/mol. The van der Waals surface area contributed by atoms with E-state index in [4.69, 9.17) is 0 Å². The molecule has 0 aromatic carbocycles. The zero-order valence-corrected chi connectivity index (χ0v) is 11.6. The second-order valence-corrected chi connectivity index (χ2v) is 4.66. The van der Waals surface area contributed by atoms with Gasteiger partial charge in [0.25, 0.3) is 0 Å². The van der Waals surface area contributed by atoms with E-state index < -0.39 is 0 Å². The Morgan fingerprint density at radius 2 is 2.33 bits per heavy atom. The van der Waals surface area contributed by atoms with Gasteiger partial charge < -0.3 is 10.6 Å². The number of carbonyl (C=O) groups is 1. The zero-order chi connectivity index (χ0) is 13.4. The Hall–Kier alpha value is -1.36. The number of amides is 1. The van der Waals surface area contributed by atoms with E-state index in [2.05, 4.69) is 22.7 Å². The van der Waals surface area contributed by atoms with Crippen LogP contribution >= 0.6 is 0 Å². The molecule has 0 aliphatic carbocycles. The van der Waals surface area contributed by atoms with Crippen LogP contribution in [0.15, 0.2) is 12.3 Å². The molecule has 0 bridgehead atoms. The summed E-state index contributed by atoms with van der Waals surface area (Å²) >= 11 is 0. The molecule has 0 spiro atoms. The van der Waals surface area contributed by atoms with Crippen molar-refractivity contribution in [3.05, 3.63) is 18.0 Å². The van der Waals surface area contributed by atoms with E-state index in [1.165, 1.54) is 0 Å². The fourth-order valence-corrected chi connectivity index (χ4v) is 1.85. The molecule has 0 aliphatic rings. The molecule has 2 N–H and O–H groups in total. The molecule has 0 saturated heterocycles. The monoisotopic (exact) mass is 252 g/mol. The van der Waals surface area contributed by atoms with Crippen molar-refractivity contribution in [2.75, 3.05) is 13.1 Å². The van der Waals surface area contributed by atoms with Crippen molar-refractivity contribution in [1.82, 2.24) is 20.4 Å². The Balaban J connectivity index is 2.08. The first-order chi connectivity index (χ1) is 8.61. The highest BCUT2D eigenvalue weighted by Crippen LogP contribution is 1.95. The van der Waals surface area contributed by atoms with Gasteiger partial charge in [-0.15, -0.1) is 0 Å². The van der Waals surface area contributed by atoms with Crippen molar-refractivity contribution in [3.8, 4) is 0 Å². The number of carbonyl (C=O) groups excluding carboxylic acids is 1. The third-order valence-corrected chi connectivity index (χ3v) is 2.74. The fourth-order valence-electron chi connectivity index (χ4n) is 1.85. The van der Waals surface area contributed by atoms with Gasteiger partial charge in [-0.1, -0.05) is 13.3 Å². The van der Waals surface area contributed by atoms with Crippen LogP contribution in [0.4, 0.5) is 0 Å². The number of rotatable bonds is 8. The lowest BCUT2D eigenvalue weighted by molar-refractivity contribution is -0.120. The van der Waals surface area contributed by atoms with Crippen LogP contribution in [0.1, 0.15) is 32.4 Å². The van der Waals surface area contributed by atoms with Gasteiger partial charge in [0.2, 0.25) is 5.91 Å². The average Bonchev–Trinajstić information content (AvgIpc) is 2.71. The molecule has 1 atom stereocenters. The van der Waals surface area contributed by atoms with Gasteiger partial charge in [-0.25, -0.2) is 0 Å². The van der Waals surface area contributed by atoms with E-state index in [-0.39, 0.29) is 11.9 Å². The molecular formula is C13H24N4O. The number of aryl methyl sites for hydroxylation is 1. The summed E-state index contributed by atoms with van der Waals surface area (Å²) in [6, 6.07) is 2.26. The number of hydrogen-bond donors (Lipinski definition) is 2. The van der Waals surface area contributed by atoms with E-state index in [9.17, 15) is 4.79 Å². The van der Waals surface area contributed by atoms with E-state index >= 15 is 0 Å². The molecule has 0 saturated carbocycles. The summed E-state index contributed by atoms with van der Waals surface area (Å²) in [5, 5.41) is 10.4. The molecule has 1 aromatic rings. The summed E-state index contributed by atoms with van der Waals surface area (Å²) < 4.78 is 1.79. The van der Waals surface area contributed by atoms with Gasteiger partial charge in [0.15, 0.2) is 0 Å². The smallest absolute Gasteiger partial charge is 0.234 e. The van der Waals surface area contributed by atoms with Crippen LogP contribution in [0.25, 0.3) is 0 Å². The summed E-state index contributed by atoms with van der Waals surface area (Å²) in [4.78, 5) is 11.6. The predicted octanol–water partition coefficient (Wildman–Crippen LogP) is 0.857. The van der Waals surface area contributed by atoms with Crippen LogP contribution in [0.5, 0.6) is 0 Å². The van der Waals surface area contributed by atoms with Crippen LogP contribution in [-0.4, -0.2) is 34.8 Å². The van der Waals surface area contributed by atoms with E-state index in [1.54, 1.807) is 4.68 Å². The molecule has 0 aliphatic heterocycles. The lowest BCUT2D eigenvalue weighted by Crippen LogP contribution is -2.39. The highest BCUT2D eigenvalue weighted by Gasteiger charge is 2.05. The van der Waals surface area contributed by atoms with Gasteiger partial charge in [0.1, 0.15) is 0 Å². The second kappa shape index (κ2) is 7.87. The molecule has 1 heterocycles. The van der Waals surface area contributed by atoms with Crippen LogP contribution in [0, 0.1) is 0 Å². The van der Waals surface area contributed by atoms with Crippen LogP contribution in [0.3, 0.4) is 0 Å². The lowest BCUT2D eigenvalue weighted by Gasteiger charge is -2.12. The van der Waals surface area contributed by atoms with Gasteiger partial charge in [-0.3, -0.25) is 9.48 Å². The van der Waals surface area contributed by atoms with E-state index in [0.29, 0.717) is 6.54 Å². The minimum absolute atomic E-state index is 0.0666. The topological polar surface area (TPSA) is 59.0 Å². The molecule has 18 heavy (non-hydrogen) atoms. The van der Waals surface area contributed by atoms with Crippen molar-refractivity contribution in [3.63, 3.8) is 0 Å². The summed E-state index contributed by atoms with van der Waals surface area (Å²) in [6.07, 6.45) is 4.89. The normalized spacial score (nSPS) is 12.4. The quantitative estimate of drug-likeness (QED) is 0.675. The maximum Gasteiger partial charge on any atom is 0.234 e. The van der Waals surface area contributed by atoms with Gasteiger partial charge in [-0.05, 0) is 19.4 Å². The standard InChI is InChI=1S/C13H24N4O/c1-4-5-11(2)15-13(18)10-14-8-6-12-7-9-17(3)16-12/h7,9,11,14H,4-6,8,10H2,1-3H3,(H,15,18). The van der Waals surface area contributed by atoms with E-state index in [0.717, 1.165) is 31.5 Å². The minimum atomic E-state index is 0.0666. The van der Waals surface area contributed by atoms with Crippen LogP contribution < -0.4 is 10.6 Å². The molecule has 1 aromatic heterocycles. The summed E-state index contributed by atoms with van der Waals surface area (Å²) in [6.45, 7) is 5.30. The Labute approximate surface area is 109 Å². The summed E-state index contributed by atoms with van der Waals surface area (Å²) in [5.41, 5.74) is 1.05. The molecule has 0 fully saturated rings. The van der Waals surface area contributed by atoms with Gasteiger partial charge in [0.05, 0.1) is 12.2 Å². The summed E-state index contributed by atoms with van der Waals surface area (Å²) in [5.74, 6) is 0.0666. The van der Waals surface area contributed by atoms with Crippen molar-refractivity contribution in [2.45, 2.75) is 39.2 Å². The molecule has 1 unspecified atom stereocenters. The highest BCUT2D eigenvalue weighted by atomic mass is 16.1. The molecule has 0 radical (unpaired) electrons. The van der Waals surface area contributed by atoms with Crippen LogP contribution in [-0.2, 0) is 18.3 Å². The number of nitrogens with zero attached hydrogens (tertiary/aromatic N) is 2. The van der Waals surface area contributed by atoms with Crippen LogP contribution in [0.2, 0.25) is 0 Å². The van der Waals surface area contributed by atoms with E-state index in [1.807, 2.05) is 26.2 Å². The molecule has 5 heteroatoms. The van der Waals surface area contributed by atoms with Gasteiger partial charge in [0, 0.05) is 32.3 Å². The average molecular weight is 252 g/mol. The first kappa shape index (κ1) is 14.7. The molecule has 102 valence electrons. The Morgan fingerprint density at radius 1 is 1.56 bits per heavy atom. The molecule has 1 amide bonds. The number of aromatic nitrogens is 2. The lowest BCUT2D eigenvalue weighted by atomic mass is 10.2. The number of nitrogens with one attached hydrogen (secondary N) is 2. The van der Waals surface area contributed by atoms with Gasteiger partial charge >= 0.3 is 0 Å². The Kier molecular flexibility index (Phi) is 6.43. The predicted molar refractivity (Wildman–Crippen MR) is 72.3 cm³/mol. The maximum atomic E-state index is 11.6. The fraction of sp³-hybridized carbons (Fsp3) is 0.692. The largest absolute Gasteiger partial charge is 0.353 e. The SMILES string of the molecule is CCCC(C)NC(=O)CNCCc1ccn(C)n1. The van der Waals surface area contributed by atoms with Crippen molar-refractivity contribution in [2.24, 2.45) is 7.05 Å². The van der Waals surface area contributed by atoms with Gasteiger partial charge in [-0.2, -0.15) is 5.10 Å². The van der Waals surface area contributed by atoms with Crippen molar-refractivity contribution < 1.29 is 4.79 Å². The maximum absolute atomic E-state index is 11.6. The third-order valence-electron chi connectivity index (χ3n) is 2.74. The molecule has 5 nitrogen and oxygen atoms in total. The number of hydrogen-bond acceptors (Lipinski definition) is 3. The Morgan fingerprint density at radius 3 is 2.94 bits per heavy atom. The third kappa shape index (κ3) is 5.82. The zero-order valence-electron chi connectivity index (χ0n) is 11.6. The summed E-state index contributed by atoms with van der Waals surface area (Å²) in [7, 11) is 1.90. The minimum Gasteiger partial charge on any atom is -0.353 e. The second-order valence-electron chi connectivity index (χ2n) is 4.66. The first-order valence-electron chi connectivity index (χ1n) is 6.60. The Bertz CT molecular complexity index is 362.